The summed E-state index contributed by atoms with van der Waals surface area (Å²) in [5, 5.41) is 0. The summed E-state index contributed by atoms with van der Waals surface area (Å²) in [5.41, 5.74) is 4.32. The Hall–Kier alpha value is -2.47. The van der Waals surface area contributed by atoms with Gasteiger partial charge in [0.15, 0.2) is 0 Å². The van der Waals surface area contributed by atoms with Gasteiger partial charge in [0.25, 0.3) is 5.91 Å². The summed E-state index contributed by atoms with van der Waals surface area (Å²) in [6, 6.07) is 5.85. The molecular weight excluding hydrogens is 364 g/mol. The van der Waals surface area contributed by atoms with Gasteiger partial charge in [-0.3, -0.25) is 4.79 Å². The summed E-state index contributed by atoms with van der Waals surface area (Å²) in [6.07, 6.45) is 6.07. The van der Waals surface area contributed by atoms with Gasteiger partial charge in [-0.2, -0.15) is 0 Å². The lowest BCUT2D eigenvalue weighted by Gasteiger charge is -2.33. The number of nitrogens with zero attached hydrogens (tertiary/aromatic N) is 4. The Balaban J connectivity index is 1.32. The lowest BCUT2D eigenvalue weighted by molar-refractivity contribution is 0.0704. The van der Waals surface area contributed by atoms with E-state index in [-0.39, 0.29) is 17.9 Å². The van der Waals surface area contributed by atoms with Crippen molar-refractivity contribution >= 4 is 5.91 Å². The van der Waals surface area contributed by atoms with Crippen molar-refractivity contribution in [2.75, 3.05) is 26.7 Å². The largest absolute Gasteiger partial charge is 0.490 e. The van der Waals surface area contributed by atoms with Crippen LogP contribution >= 0.6 is 0 Å². The van der Waals surface area contributed by atoms with Crippen LogP contribution in [0.1, 0.15) is 58.7 Å². The van der Waals surface area contributed by atoms with Crippen molar-refractivity contribution in [1.82, 2.24) is 19.8 Å². The predicted octanol–water partition coefficient (Wildman–Crippen LogP) is 2.81. The Labute approximate surface area is 171 Å². The van der Waals surface area contributed by atoms with E-state index in [4.69, 9.17) is 9.72 Å². The topological polar surface area (TPSA) is 58.6 Å². The van der Waals surface area contributed by atoms with Gasteiger partial charge in [0.1, 0.15) is 17.7 Å². The molecule has 5 rings (SSSR count). The zero-order valence-corrected chi connectivity index (χ0v) is 17.2. The number of hydrogen-bond acceptors (Lipinski definition) is 5. The molecule has 1 saturated heterocycles. The van der Waals surface area contributed by atoms with Gasteiger partial charge in [-0.25, -0.2) is 9.97 Å². The Morgan fingerprint density at radius 1 is 1.24 bits per heavy atom. The van der Waals surface area contributed by atoms with E-state index in [1.54, 1.807) is 0 Å². The molecule has 0 unspecified atom stereocenters. The van der Waals surface area contributed by atoms with Gasteiger partial charge in [-0.15, -0.1) is 0 Å². The number of likely N-dealkylation sites (N-methyl/N-ethyl adjacent to an activating group) is 1. The van der Waals surface area contributed by atoms with Crippen molar-refractivity contribution in [2.45, 2.75) is 51.2 Å². The second-order valence-electron chi connectivity index (χ2n) is 8.73. The molecule has 2 atom stereocenters. The Morgan fingerprint density at radius 2 is 2.14 bits per heavy atom. The highest BCUT2D eigenvalue weighted by Gasteiger charge is 2.29. The number of ether oxygens (including phenoxy) is 1. The van der Waals surface area contributed by atoms with E-state index in [1.807, 2.05) is 29.3 Å². The number of amides is 1. The highest BCUT2D eigenvalue weighted by atomic mass is 16.5. The lowest BCUT2D eigenvalue weighted by Crippen LogP contribution is -2.39. The van der Waals surface area contributed by atoms with Crippen LogP contribution in [0, 0.1) is 0 Å². The van der Waals surface area contributed by atoms with Crippen molar-refractivity contribution in [2.24, 2.45) is 0 Å². The molecule has 0 N–H and O–H groups in total. The number of rotatable bonds is 2. The third-order valence-electron chi connectivity index (χ3n) is 6.36. The molecule has 4 heterocycles. The first-order chi connectivity index (χ1) is 14.1. The van der Waals surface area contributed by atoms with E-state index in [2.05, 4.69) is 23.9 Å². The Morgan fingerprint density at radius 3 is 3.03 bits per heavy atom. The van der Waals surface area contributed by atoms with E-state index >= 15 is 0 Å². The van der Waals surface area contributed by atoms with Crippen LogP contribution in [-0.4, -0.2) is 58.5 Å². The molecule has 1 aromatic heterocycles. The maximum atomic E-state index is 13.2. The van der Waals surface area contributed by atoms with Crippen molar-refractivity contribution in [1.29, 1.82) is 0 Å². The molecule has 1 fully saturated rings. The summed E-state index contributed by atoms with van der Waals surface area (Å²) in [6.45, 7) is 5.52. The third kappa shape index (κ3) is 3.62. The number of hydrogen-bond donors (Lipinski definition) is 0. The lowest BCUT2D eigenvalue weighted by atomic mass is 9.95. The second kappa shape index (κ2) is 7.41. The standard InChI is InChI=1S/C23H28N4O2/c1-15-10-18-11-16(5-6-21(18)29-15)23(28)27-8-3-4-17(14-27)22-24-12-19-13-26(2)9-7-20(19)25-22/h5-6,11-12,15,17H,3-4,7-10,13-14H2,1-2H3/t15-,17+/m0/s1. The molecule has 1 aromatic carbocycles. The van der Waals surface area contributed by atoms with Gasteiger partial charge in [0.2, 0.25) is 0 Å². The number of aromatic nitrogens is 2. The quantitative estimate of drug-likeness (QED) is 0.787. The normalized spacial score (nSPS) is 24.0. The monoisotopic (exact) mass is 392 g/mol. The van der Waals surface area contributed by atoms with Crippen molar-refractivity contribution < 1.29 is 9.53 Å². The molecule has 29 heavy (non-hydrogen) atoms. The molecule has 3 aliphatic heterocycles. The van der Waals surface area contributed by atoms with Gasteiger partial charge < -0.3 is 14.5 Å². The SMILES string of the molecule is C[C@H]1Cc2cc(C(=O)N3CCC[C@@H](c4ncc5c(n4)CCN(C)C5)C3)ccc2O1. The predicted molar refractivity (Wildman–Crippen MR) is 110 cm³/mol. The van der Waals surface area contributed by atoms with Gasteiger partial charge in [0.05, 0.1) is 0 Å². The molecular formula is C23H28N4O2. The van der Waals surface area contributed by atoms with E-state index < -0.39 is 0 Å². The van der Waals surface area contributed by atoms with Crippen molar-refractivity contribution in [3.8, 4) is 5.75 Å². The molecule has 0 aliphatic carbocycles. The second-order valence-corrected chi connectivity index (χ2v) is 8.73. The smallest absolute Gasteiger partial charge is 0.253 e. The molecule has 6 nitrogen and oxygen atoms in total. The molecule has 3 aliphatic rings. The number of fused-ring (bicyclic) bond motifs is 2. The number of carbonyl (C=O) groups excluding carboxylic acids is 1. The average molecular weight is 393 g/mol. The fourth-order valence-electron chi connectivity index (χ4n) is 4.78. The van der Waals surface area contributed by atoms with Crippen LogP contribution in [0.4, 0.5) is 0 Å². The van der Waals surface area contributed by atoms with E-state index in [0.717, 1.165) is 68.0 Å². The highest BCUT2D eigenvalue weighted by Crippen LogP contribution is 2.31. The number of likely N-dealkylation sites (tertiary alicyclic amines) is 1. The summed E-state index contributed by atoms with van der Waals surface area (Å²) >= 11 is 0. The zero-order valence-electron chi connectivity index (χ0n) is 17.2. The minimum atomic E-state index is 0.108. The maximum Gasteiger partial charge on any atom is 0.253 e. The molecule has 6 heteroatoms. The minimum Gasteiger partial charge on any atom is -0.490 e. The Kier molecular flexibility index (Phi) is 4.74. The van der Waals surface area contributed by atoms with E-state index in [0.29, 0.717) is 6.54 Å². The summed E-state index contributed by atoms with van der Waals surface area (Å²) in [5.74, 6) is 2.15. The van der Waals surface area contributed by atoms with Crippen molar-refractivity contribution in [3.63, 3.8) is 0 Å². The molecule has 0 spiro atoms. The first kappa shape index (κ1) is 18.6. The number of benzene rings is 1. The van der Waals surface area contributed by atoms with Crippen LogP contribution in [0.15, 0.2) is 24.4 Å². The summed E-state index contributed by atoms with van der Waals surface area (Å²) < 4.78 is 5.77. The molecule has 152 valence electrons. The zero-order chi connectivity index (χ0) is 20.0. The van der Waals surface area contributed by atoms with Crippen LogP contribution in [0.5, 0.6) is 5.75 Å². The van der Waals surface area contributed by atoms with Crippen LogP contribution < -0.4 is 4.74 Å². The fourth-order valence-corrected chi connectivity index (χ4v) is 4.78. The maximum absolute atomic E-state index is 13.2. The number of piperidine rings is 1. The molecule has 1 amide bonds. The molecule has 0 saturated carbocycles. The first-order valence-electron chi connectivity index (χ1n) is 10.7. The number of carbonyl (C=O) groups is 1. The summed E-state index contributed by atoms with van der Waals surface area (Å²) in [4.78, 5) is 27.0. The van der Waals surface area contributed by atoms with Gasteiger partial charge in [-0.05, 0) is 50.6 Å². The fraction of sp³-hybridized carbons (Fsp3) is 0.522. The van der Waals surface area contributed by atoms with Crippen LogP contribution in [0.2, 0.25) is 0 Å². The minimum absolute atomic E-state index is 0.108. The van der Waals surface area contributed by atoms with Gasteiger partial charge in [-0.1, -0.05) is 0 Å². The van der Waals surface area contributed by atoms with E-state index in [1.165, 1.54) is 11.3 Å². The summed E-state index contributed by atoms with van der Waals surface area (Å²) in [7, 11) is 2.13. The first-order valence-corrected chi connectivity index (χ1v) is 10.7. The van der Waals surface area contributed by atoms with Crippen molar-refractivity contribution in [3.05, 3.63) is 52.6 Å². The third-order valence-corrected chi connectivity index (χ3v) is 6.36. The average Bonchev–Trinajstić information content (AvgIpc) is 3.12. The molecule has 0 bridgehead atoms. The molecule has 0 radical (unpaired) electrons. The highest BCUT2D eigenvalue weighted by molar-refractivity contribution is 5.94. The van der Waals surface area contributed by atoms with E-state index in [9.17, 15) is 4.79 Å². The van der Waals surface area contributed by atoms with Gasteiger partial charge >= 0.3 is 0 Å². The molecule has 2 aromatic rings. The van der Waals surface area contributed by atoms with Gasteiger partial charge in [0, 0.05) is 68.0 Å². The van der Waals surface area contributed by atoms with Crippen LogP contribution in [0.25, 0.3) is 0 Å². The Bertz CT molecular complexity index is 944. The van der Waals surface area contributed by atoms with Crippen LogP contribution in [-0.2, 0) is 19.4 Å². The van der Waals surface area contributed by atoms with Crippen LogP contribution in [0.3, 0.4) is 0 Å².